The van der Waals surface area contributed by atoms with E-state index in [0.29, 0.717) is 0 Å². The zero-order chi connectivity index (χ0) is 16.0. The van der Waals surface area contributed by atoms with Crippen LogP contribution in [-0.2, 0) is 24.3 Å². The summed E-state index contributed by atoms with van der Waals surface area (Å²) in [7, 11) is -2.89. The predicted molar refractivity (Wildman–Crippen MR) is 74.4 cm³/mol. The number of carboxylic acids is 1. The van der Waals surface area contributed by atoms with Crippen molar-refractivity contribution in [3.63, 3.8) is 0 Å². The molecule has 0 amide bonds. The van der Waals surface area contributed by atoms with E-state index in [1.165, 1.54) is 24.3 Å². The normalized spacial score (nSPS) is 12.7. The highest BCUT2D eigenvalue weighted by Crippen LogP contribution is 2.16. The third kappa shape index (κ3) is 5.33. The molecule has 0 aliphatic rings. The molecule has 116 valence electrons. The number of nitrogens with one attached hydrogen (secondary N) is 1. The van der Waals surface area contributed by atoms with Gasteiger partial charge in [-0.2, -0.15) is 4.72 Å². The molecule has 0 unspecified atom stereocenters. The standard InChI is InChI=1S/C12H14ClNO6S/c1-20-11(15)6-5-10(12(16)17)14-21(18,19)9-4-2-3-8(13)7-9/h2-4,7,10,14H,5-6H2,1H3,(H,16,17)/t10-/m0/s1. The van der Waals surface area contributed by atoms with E-state index in [4.69, 9.17) is 16.7 Å². The summed E-state index contributed by atoms with van der Waals surface area (Å²) in [5.74, 6) is -2.01. The van der Waals surface area contributed by atoms with Gasteiger partial charge in [-0.1, -0.05) is 17.7 Å². The maximum absolute atomic E-state index is 12.1. The lowest BCUT2D eigenvalue weighted by Crippen LogP contribution is -2.41. The molecule has 2 N–H and O–H groups in total. The van der Waals surface area contributed by atoms with Crippen molar-refractivity contribution in [2.45, 2.75) is 23.8 Å². The molecule has 1 aromatic rings. The quantitative estimate of drug-likeness (QED) is 0.720. The Morgan fingerprint density at radius 2 is 2.10 bits per heavy atom. The van der Waals surface area contributed by atoms with Gasteiger partial charge >= 0.3 is 11.9 Å². The van der Waals surface area contributed by atoms with Crippen molar-refractivity contribution in [2.24, 2.45) is 0 Å². The van der Waals surface area contributed by atoms with Crippen molar-refractivity contribution in [1.82, 2.24) is 4.72 Å². The van der Waals surface area contributed by atoms with Crippen LogP contribution in [0.5, 0.6) is 0 Å². The van der Waals surface area contributed by atoms with Gasteiger partial charge in [0.15, 0.2) is 0 Å². The Bertz CT molecular complexity index is 630. The Hall–Kier alpha value is -1.64. The number of methoxy groups -OCH3 is 1. The van der Waals surface area contributed by atoms with Crippen LogP contribution >= 0.6 is 11.6 Å². The first-order valence-corrected chi connectivity index (χ1v) is 7.70. The maximum atomic E-state index is 12.1. The van der Waals surface area contributed by atoms with Crippen LogP contribution in [0.1, 0.15) is 12.8 Å². The summed E-state index contributed by atoms with van der Waals surface area (Å²) < 4.78 is 30.5. The molecule has 1 rings (SSSR count). The molecule has 0 aliphatic carbocycles. The summed E-state index contributed by atoms with van der Waals surface area (Å²) in [6.07, 6.45) is -0.437. The fraction of sp³-hybridized carbons (Fsp3) is 0.333. The summed E-state index contributed by atoms with van der Waals surface area (Å²) in [4.78, 5) is 21.9. The SMILES string of the molecule is COC(=O)CC[C@H](NS(=O)(=O)c1cccc(Cl)c1)C(=O)O. The molecule has 0 aliphatic heterocycles. The zero-order valence-corrected chi connectivity index (χ0v) is 12.6. The van der Waals surface area contributed by atoms with E-state index in [-0.39, 0.29) is 22.8 Å². The number of carbonyl (C=O) groups is 2. The van der Waals surface area contributed by atoms with Gasteiger partial charge in [0.05, 0.1) is 12.0 Å². The van der Waals surface area contributed by atoms with Crippen LogP contribution in [0.2, 0.25) is 5.02 Å². The number of ether oxygens (including phenoxy) is 1. The van der Waals surface area contributed by atoms with Crippen molar-refractivity contribution in [2.75, 3.05) is 7.11 Å². The zero-order valence-electron chi connectivity index (χ0n) is 11.1. The van der Waals surface area contributed by atoms with E-state index < -0.39 is 28.0 Å². The number of carbonyl (C=O) groups excluding carboxylic acids is 1. The summed E-state index contributed by atoms with van der Waals surface area (Å²) in [5, 5.41) is 9.23. The van der Waals surface area contributed by atoms with Gasteiger partial charge in [0.1, 0.15) is 6.04 Å². The van der Waals surface area contributed by atoms with Gasteiger partial charge < -0.3 is 9.84 Å². The molecule has 0 saturated heterocycles. The number of sulfonamides is 1. The van der Waals surface area contributed by atoms with Gasteiger partial charge in [-0.05, 0) is 24.6 Å². The average molecular weight is 336 g/mol. The highest BCUT2D eigenvalue weighted by atomic mass is 35.5. The summed E-state index contributed by atoms with van der Waals surface area (Å²) >= 11 is 5.70. The minimum atomic E-state index is -4.05. The molecule has 0 radical (unpaired) electrons. The van der Waals surface area contributed by atoms with Gasteiger partial charge in [0.2, 0.25) is 10.0 Å². The third-order valence-corrected chi connectivity index (χ3v) is 4.27. The minimum Gasteiger partial charge on any atom is -0.480 e. The van der Waals surface area contributed by atoms with Crippen LogP contribution in [0.25, 0.3) is 0 Å². The van der Waals surface area contributed by atoms with Crippen LogP contribution in [0, 0.1) is 0 Å². The highest BCUT2D eigenvalue weighted by Gasteiger charge is 2.26. The number of benzene rings is 1. The highest BCUT2D eigenvalue weighted by molar-refractivity contribution is 7.89. The summed E-state index contributed by atoms with van der Waals surface area (Å²) in [6, 6.07) is 3.97. The second-order valence-electron chi connectivity index (χ2n) is 4.08. The van der Waals surface area contributed by atoms with Crippen LogP contribution < -0.4 is 4.72 Å². The summed E-state index contributed by atoms with van der Waals surface area (Å²) in [6.45, 7) is 0. The Balaban J connectivity index is 2.87. The lowest BCUT2D eigenvalue weighted by atomic mass is 10.2. The first-order chi connectivity index (χ1) is 9.76. The molecule has 0 saturated carbocycles. The Morgan fingerprint density at radius 1 is 1.43 bits per heavy atom. The topological polar surface area (TPSA) is 110 Å². The average Bonchev–Trinajstić information content (AvgIpc) is 2.42. The molecule has 1 aromatic carbocycles. The molecule has 9 heteroatoms. The second kappa shape index (κ2) is 7.39. The molecule has 0 fully saturated rings. The Labute approximate surface area is 126 Å². The number of hydrogen-bond acceptors (Lipinski definition) is 5. The van der Waals surface area contributed by atoms with E-state index in [0.717, 1.165) is 7.11 Å². The van der Waals surface area contributed by atoms with Crippen LogP contribution in [0.15, 0.2) is 29.2 Å². The van der Waals surface area contributed by atoms with E-state index in [1.807, 2.05) is 4.72 Å². The number of aliphatic carboxylic acids is 1. The van der Waals surface area contributed by atoms with Crippen molar-refractivity contribution in [3.05, 3.63) is 29.3 Å². The number of hydrogen-bond donors (Lipinski definition) is 2. The van der Waals surface area contributed by atoms with Gasteiger partial charge in [-0.25, -0.2) is 8.42 Å². The predicted octanol–water partition coefficient (Wildman–Crippen LogP) is 1.02. The fourth-order valence-corrected chi connectivity index (χ4v) is 3.01. The van der Waals surface area contributed by atoms with Crippen molar-refractivity contribution in [1.29, 1.82) is 0 Å². The first kappa shape index (κ1) is 17.4. The number of halogens is 1. The van der Waals surface area contributed by atoms with Crippen molar-refractivity contribution < 1.29 is 27.9 Å². The van der Waals surface area contributed by atoms with E-state index >= 15 is 0 Å². The van der Waals surface area contributed by atoms with E-state index in [2.05, 4.69) is 4.74 Å². The smallest absolute Gasteiger partial charge is 0.321 e. The Kier molecular flexibility index (Phi) is 6.13. The second-order valence-corrected chi connectivity index (χ2v) is 6.23. The number of carboxylic acid groups (broad SMARTS) is 1. The molecule has 21 heavy (non-hydrogen) atoms. The molecule has 0 heterocycles. The number of rotatable bonds is 7. The molecule has 0 bridgehead atoms. The van der Waals surface area contributed by atoms with E-state index in [1.54, 1.807) is 0 Å². The number of esters is 1. The third-order valence-electron chi connectivity index (χ3n) is 2.57. The van der Waals surface area contributed by atoms with Gasteiger partial charge in [-0.15, -0.1) is 0 Å². The molecule has 1 atom stereocenters. The van der Waals surface area contributed by atoms with Gasteiger partial charge in [0.25, 0.3) is 0 Å². The van der Waals surface area contributed by atoms with Crippen molar-refractivity contribution >= 4 is 33.6 Å². The minimum absolute atomic E-state index is 0.153. The summed E-state index contributed by atoms with van der Waals surface area (Å²) in [5.41, 5.74) is 0. The molecular formula is C12H14ClNO6S. The largest absolute Gasteiger partial charge is 0.480 e. The molecule has 0 aromatic heterocycles. The first-order valence-electron chi connectivity index (χ1n) is 5.84. The van der Waals surface area contributed by atoms with E-state index in [9.17, 15) is 18.0 Å². The van der Waals surface area contributed by atoms with Crippen LogP contribution in [0.3, 0.4) is 0 Å². The fourth-order valence-electron chi connectivity index (χ4n) is 1.49. The van der Waals surface area contributed by atoms with Gasteiger partial charge in [0, 0.05) is 11.4 Å². The molecule has 0 spiro atoms. The molecular weight excluding hydrogens is 322 g/mol. The lowest BCUT2D eigenvalue weighted by Gasteiger charge is -2.14. The van der Waals surface area contributed by atoms with Gasteiger partial charge in [-0.3, -0.25) is 9.59 Å². The van der Waals surface area contributed by atoms with Crippen LogP contribution in [-0.4, -0.2) is 38.6 Å². The Morgan fingerprint density at radius 3 is 2.62 bits per heavy atom. The monoisotopic (exact) mass is 335 g/mol. The maximum Gasteiger partial charge on any atom is 0.321 e. The van der Waals surface area contributed by atoms with Crippen molar-refractivity contribution in [3.8, 4) is 0 Å². The molecule has 7 nitrogen and oxygen atoms in total. The lowest BCUT2D eigenvalue weighted by molar-refractivity contribution is -0.142. The van der Waals surface area contributed by atoms with Crippen LogP contribution in [0.4, 0.5) is 0 Å².